The molecular formula is C50H65N9O7S. The summed E-state index contributed by atoms with van der Waals surface area (Å²) in [6, 6.07) is 7.08. The van der Waals surface area contributed by atoms with Crippen LogP contribution in [0.2, 0.25) is 0 Å². The number of ether oxygens (including phenoxy) is 2. The van der Waals surface area contributed by atoms with Gasteiger partial charge in [0.05, 0.1) is 46.9 Å². The van der Waals surface area contributed by atoms with Gasteiger partial charge in [-0.2, -0.15) is 0 Å². The van der Waals surface area contributed by atoms with Crippen molar-refractivity contribution in [2.24, 2.45) is 11.3 Å². The van der Waals surface area contributed by atoms with Gasteiger partial charge in [-0.05, 0) is 87.8 Å². The first kappa shape index (κ1) is 47.8. The molecule has 6 atom stereocenters. The quantitative estimate of drug-likeness (QED) is 0.147. The van der Waals surface area contributed by atoms with E-state index in [1.165, 1.54) is 27.3 Å². The predicted molar refractivity (Wildman–Crippen MR) is 257 cm³/mol. The highest BCUT2D eigenvalue weighted by atomic mass is 32.1. The lowest BCUT2D eigenvalue weighted by Gasteiger charge is -2.54. The second-order valence-corrected chi connectivity index (χ2v) is 20.4. The number of cyclic esters (lactones) is 1. The van der Waals surface area contributed by atoms with Crippen molar-refractivity contribution >= 4 is 52.0 Å². The summed E-state index contributed by atoms with van der Waals surface area (Å²) in [6.45, 7) is 17.6. The second kappa shape index (κ2) is 19.5. The molecule has 5 amide bonds. The Bertz CT molecular complexity index is 2550. The van der Waals surface area contributed by atoms with E-state index in [1.54, 1.807) is 30.2 Å². The van der Waals surface area contributed by atoms with Gasteiger partial charge in [-0.3, -0.25) is 29.2 Å². The minimum Gasteiger partial charge on any atom is -0.464 e. The number of thiazole rings is 1. The Hall–Kier alpha value is -5.65. The van der Waals surface area contributed by atoms with Crippen LogP contribution < -0.4 is 10.7 Å². The average Bonchev–Trinajstić information content (AvgIpc) is 3.90. The van der Waals surface area contributed by atoms with Gasteiger partial charge < -0.3 is 34.1 Å². The molecule has 3 aliphatic heterocycles. The summed E-state index contributed by atoms with van der Waals surface area (Å²) in [5, 5.41) is 8.14. The van der Waals surface area contributed by atoms with Crippen LogP contribution in [0.25, 0.3) is 33.4 Å². The summed E-state index contributed by atoms with van der Waals surface area (Å²) in [4.78, 5) is 85.0. The molecule has 2 saturated heterocycles. The number of pyridine rings is 1. The van der Waals surface area contributed by atoms with Crippen LogP contribution in [0.5, 0.6) is 0 Å². The molecule has 1 aliphatic carbocycles. The van der Waals surface area contributed by atoms with Gasteiger partial charge in [0.15, 0.2) is 0 Å². The number of carbonyl (C=O) groups excluding carboxylic acids is 5. The number of carbonyl (C=O) groups is 5. The van der Waals surface area contributed by atoms with Gasteiger partial charge in [-0.15, -0.1) is 11.3 Å². The lowest BCUT2D eigenvalue weighted by Crippen LogP contribution is -2.69. The zero-order valence-corrected chi connectivity index (χ0v) is 40.9. The zero-order valence-electron chi connectivity index (χ0n) is 40.0. The number of hydrogen-bond acceptors (Lipinski definition) is 11. The van der Waals surface area contributed by atoms with Gasteiger partial charge in [0.2, 0.25) is 11.8 Å². The minimum atomic E-state index is -1.08. The fourth-order valence-electron chi connectivity index (χ4n) is 10.4. The van der Waals surface area contributed by atoms with E-state index < -0.39 is 41.3 Å². The van der Waals surface area contributed by atoms with Crippen LogP contribution in [0, 0.1) is 11.3 Å². The van der Waals surface area contributed by atoms with Crippen molar-refractivity contribution in [1.29, 1.82) is 0 Å². The van der Waals surface area contributed by atoms with Crippen molar-refractivity contribution < 1.29 is 33.4 Å². The molecule has 6 heterocycles. The Morgan fingerprint density at radius 1 is 1.09 bits per heavy atom. The molecule has 3 aromatic heterocycles. The Morgan fingerprint density at radius 3 is 2.54 bits per heavy atom. The number of hydrazine groups is 1. The molecule has 3 fully saturated rings. The van der Waals surface area contributed by atoms with E-state index in [2.05, 4.69) is 66.9 Å². The number of likely N-dealkylation sites (N-methyl/N-ethyl adjacent to an activating group) is 1. The lowest BCUT2D eigenvalue weighted by molar-refractivity contribution is -0.155. The van der Waals surface area contributed by atoms with Crippen molar-refractivity contribution in [3.63, 3.8) is 0 Å². The van der Waals surface area contributed by atoms with E-state index in [1.807, 2.05) is 32.2 Å². The highest BCUT2D eigenvalue weighted by Gasteiger charge is 2.48. The van der Waals surface area contributed by atoms with Gasteiger partial charge in [-0.1, -0.05) is 40.3 Å². The maximum atomic E-state index is 14.7. The molecule has 1 saturated carbocycles. The third-order valence-corrected chi connectivity index (χ3v) is 14.9. The third-order valence-electron chi connectivity index (χ3n) is 14.1. The molecule has 0 spiro atoms. The molecular weight excluding hydrogens is 871 g/mol. The molecule has 0 radical (unpaired) electrons. The number of urea groups is 1. The number of hydrogen-bond donors (Lipinski definition) is 2. The van der Waals surface area contributed by atoms with Gasteiger partial charge >= 0.3 is 12.0 Å². The number of rotatable bonds is 9. The molecule has 17 heteroatoms. The van der Waals surface area contributed by atoms with Crippen LogP contribution >= 0.6 is 11.3 Å². The van der Waals surface area contributed by atoms with Gasteiger partial charge in [0.25, 0.3) is 5.91 Å². The van der Waals surface area contributed by atoms with Crippen LogP contribution in [-0.2, 0) is 48.0 Å². The van der Waals surface area contributed by atoms with E-state index in [0.29, 0.717) is 50.4 Å². The first-order chi connectivity index (χ1) is 32.0. The number of amides is 5. The molecule has 4 aliphatic rings. The van der Waals surface area contributed by atoms with E-state index in [9.17, 15) is 24.0 Å². The summed E-state index contributed by atoms with van der Waals surface area (Å²) < 4.78 is 14.3. The topological polar surface area (TPSA) is 172 Å². The minimum absolute atomic E-state index is 0.0770. The van der Waals surface area contributed by atoms with Gasteiger partial charge in [0, 0.05) is 85.8 Å². The summed E-state index contributed by atoms with van der Waals surface area (Å²) in [5.41, 5.74) is 9.28. The zero-order chi connectivity index (χ0) is 47.9. The summed E-state index contributed by atoms with van der Waals surface area (Å²) >= 11 is 1.41. The molecule has 1 unspecified atom stereocenters. The first-order valence-corrected chi connectivity index (χ1v) is 24.5. The molecule has 16 nitrogen and oxygen atoms in total. The maximum absolute atomic E-state index is 14.7. The number of fused-ring (bicyclic) bond motifs is 7. The van der Waals surface area contributed by atoms with Crippen LogP contribution in [-0.4, -0.2) is 135 Å². The van der Waals surface area contributed by atoms with Gasteiger partial charge in [-0.25, -0.2) is 15.2 Å². The molecule has 8 rings (SSSR count). The number of aryl methyl sites for hydroxylation is 1. The predicted octanol–water partition coefficient (Wildman–Crippen LogP) is 6.14. The molecule has 358 valence electrons. The number of esters is 1. The molecule has 4 aromatic rings. The second-order valence-electron chi connectivity index (χ2n) is 19.5. The third kappa shape index (κ3) is 9.34. The SMILES string of the molecule is C=CC(=O)N1CCN(C(=O)N(C)C(C(=O)N[C@H]2Cc3nc(cs3)-c3ccc4c(c3)c(c(-c3cccnc3[C@H](C)OC)n4CC)CC(C)(C)COC(=O)[C@@H]3CCCN(N3)C2=O)C(C)C)[C@H]2CC[C@H]21. The number of nitrogens with one attached hydrogen (secondary N) is 2. The monoisotopic (exact) mass is 935 g/mol. The molecule has 67 heavy (non-hydrogen) atoms. The molecule has 6 bridgehead atoms. The summed E-state index contributed by atoms with van der Waals surface area (Å²) in [5.74, 6) is -1.82. The van der Waals surface area contributed by atoms with E-state index in [0.717, 1.165) is 57.5 Å². The Balaban J connectivity index is 1.14. The highest BCUT2D eigenvalue weighted by Crippen LogP contribution is 2.42. The Kier molecular flexibility index (Phi) is 13.9. The number of aromatic nitrogens is 3. The van der Waals surface area contributed by atoms with Crippen molar-refractivity contribution in [1.82, 2.24) is 45.0 Å². The number of piperazine rings is 1. The largest absolute Gasteiger partial charge is 0.464 e. The highest BCUT2D eigenvalue weighted by molar-refractivity contribution is 7.10. The van der Waals surface area contributed by atoms with Crippen molar-refractivity contribution in [3.05, 3.63) is 70.8 Å². The Morgan fingerprint density at radius 2 is 1.84 bits per heavy atom. The number of methoxy groups -OCH3 is 1. The summed E-state index contributed by atoms with van der Waals surface area (Å²) in [7, 11) is 3.31. The lowest BCUT2D eigenvalue weighted by atomic mass is 9.81. The van der Waals surface area contributed by atoms with Crippen LogP contribution in [0.1, 0.15) is 89.6 Å². The smallest absolute Gasteiger partial charge is 0.324 e. The number of benzene rings is 1. The maximum Gasteiger partial charge on any atom is 0.324 e. The van der Waals surface area contributed by atoms with Crippen LogP contribution in [0.4, 0.5) is 4.79 Å². The molecule has 2 N–H and O–H groups in total. The number of nitrogens with zero attached hydrogens (tertiary/aromatic N) is 7. The van der Waals surface area contributed by atoms with Crippen molar-refractivity contribution in [2.75, 3.05) is 40.4 Å². The van der Waals surface area contributed by atoms with Crippen molar-refractivity contribution in [2.45, 2.75) is 123 Å². The summed E-state index contributed by atoms with van der Waals surface area (Å²) in [6.07, 6.45) is 6.05. The average molecular weight is 936 g/mol. The fraction of sp³-hybridized carbons (Fsp3) is 0.540. The van der Waals surface area contributed by atoms with E-state index in [4.69, 9.17) is 19.4 Å². The van der Waals surface area contributed by atoms with Crippen LogP contribution in [0.3, 0.4) is 0 Å². The standard InChI is InChI=1S/C50H65N9O7S/c1-10-42(60)57-22-23-58(40-19-18-39(40)57)49(64)55(8)44(29(3)4)46(61)53-36-25-41-52-37(27-67-41)31-16-17-38-33(24-31)34(45(56(38)11-2)32-14-12-20-51-43(32)30(5)65-9)26-50(6,7)28-66-48(63)35-15-13-21-59(54-35)47(36)62/h10,12,14,16-17,20,24,27,29-30,35-36,39-40,44,54H,1,11,13,15,18-19,21-23,25-26,28H2,2-9H3,(H,53,61)/t30-,35-,36-,39+,40-,44?/m0/s1. The van der Waals surface area contributed by atoms with Gasteiger partial charge in [0.1, 0.15) is 18.1 Å². The normalized spacial score (nSPS) is 22.9. The Labute approximate surface area is 397 Å². The fourth-order valence-corrected chi connectivity index (χ4v) is 11.3. The van der Waals surface area contributed by atoms with E-state index in [-0.39, 0.29) is 49.1 Å². The van der Waals surface area contributed by atoms with Crippen molar-refractivity contribution in [3.8, 4) is 22.5 Å². The van der Waals surface area contributed by atoms with Crippen LogP contribution in [0.15, 0.2) is 54.6 Å². The first-order valence-electron chi connectivity index (χ1n) is 23.6. The molecule has 1 aromatic carbocycles. The van der Waals surface area contributed by atoms with E-state index >= 15 is 0 Å².